The Balaban J connectivity index is 1.51. The first-order valence-electron chi connectivity index (χ1n) is 9.72. The normalized spacial score (nSPS) is 17.6. The number of hydrogen-bond donors (Lipinski definition) is 1. The molecular formula is C22H20N4O3S3. The lowest BCUT2D eigenvalue weighted by atomic mass is 10.1. The highest BCUT2D eigenvalue weighted by Crippen LogP contribution is 2.37. The molecule has 2 aromatic carbocycles. The van der Waals surface area contributed by atoms with Crippen LogP contribution in [0.3, 0.4) is 0 Å². The Morgan fingerprint density at radius 3 is 2.66 bits per heavy atom. The first-order chi connectivity index (χ1) is 15.4. The van der Waals surface area contributed by atoms with E-state index in [1.54, 1.807) is 12.0 Å². The van der Waals surface area contributed by atoms with Crippen LogP contribution in [0.1, 0.15) is 11.1 Å². The van der Waals surface area contributed by atoms with Gasteiger partial charge < -0.3 is 10.1 Å². The maximum Gasteiger partial charge on any atom is 0.269 e. The zero-order valence-corrected chi connectivity index (χ0v) is 20.1. The summed E-state index contributed by atoms with van der Waals surface area (Å²) in [6.07, 6.45) is 0. The molecule has 1 fully saturated rings. The molecule has 0 saturated carbocycles. The van der Waals surface area contributed by atoms with Gasteiger partial charge >= 0.3 is 0 Å². The third-order valence-electron chi connectivity index (χ3n) is 4.89. The van der Waals surface area contributed by atoms with E-state index < -0.39 is 5.25 Å². The highest BCUT2D eigenvalue weighted by molar-refractivity contribution is 8.25. The number of thioether (sulfide) groups is 2. The van der Waals surface area contributed by atoms with Crippen molar-refractivity contribution < 1.29 is 14.3 Å². The van der Waals surface area contributed by atoms with Crippen LogP contribution < -0.4 is 15.0 Å². The van der Waals surface area contributed by atoms with E-state index >= 15 is 0 Å². The molecule has 0 spiro atoms. The minimum Gasteiger partial charge on any atom is -0.497 e. The number of amides is 2. The smallest absolute Gasteiger partial charge is 0.269 e. The summed E-state index contributed by atoms with van der Waals surface area (Å²) in [4.78, 5) is 35.6. The first kappa shape index (κ1) is 22.5. The van der Waals surface area contributed by atoms with Gasteiger partial charge in [0, 0.05) is 11.8 Å². The number of amidine groups is 2. The summed E-state index contributed by atoms with van der Waals surface area (Å²) in [6, 6.07) is 13.2. The molecule has 0 radical (unpaired) electrons. The number of methoxy groups -OCH3 is 1. The van der Waals surface area contributed by atoms with E-state index in [1.165, 1.54) is 11.8 Å². The van der Waals surface area contributed by atoms with Crippen LogP contribution in [0.5, 0.6) is 5.75 Å². The third kappa shape index (κ3) is 4.57. The lowest BCUT2D eigenvalue weighted by Gasteiger charge is -2.21. The van der Waals surface area contributed by atoms with E-state index in [0.717, 1.165) is 34.3 Å². The fraction of sp³-hybridized carbons (Fsp3) is 0.227. The summed E-state index contributed by atoms with van der Waals surface area (Å²) in [6.45, 7) is 3.89. The van der Waals surface area contributed by atoms with Crippen molar-refractivity contribution in [2.45, 2.75) is 19.1 Å². The fourth-order valence-corrected chi connectivity index (χ4v) is 5.39. The Hall–Kier alpha value is -2.69. The van der Waals surface area contributed by atoms with Gasteiger partial charge in [-0.25, -0.2) is 4.99 Å². The van der Waals surface area contributed by atoms with E-state index in [4.69, 9.17) is 17.0 Å². The number of carbonyl (C=O) groups excluding carboxylic acids is 2. The maximum absolute atomic E-state index is 12.6. The van der Waals surface area contributed by atoms with Crippen LogP contribution in [-0.4, -0.2) is 45.3 Å². The average Bonchev–Trinajstić information content (AvgIpc) is 3.11. The van der Waals surface area contributed by atoms with Crippen LogP contribution in [0.4, 0.5) is 11.4 Å². The minimum absolute atomic E-state index is 0.0814. The maximum atomic E-state index is 12.6. The molecule has 2 aliphatic rings. The van der Waals surface area contributed by atoms with Gasteiger partial charge in [-0.2, -0.15) is 4.99 Å². The summed E-state index contributed by atoms with van der Waals surface area (Å²) < 4.78 is 5.82. The van der Waals surface area contributed by atoms with Crippen molar-refractivity contribution in [2.24, 2.45) is 9.98 Å². The van der Waals surface area contributed by atoms with Crippen LogP contribution in [0.25, 0.3) is 0 Å². The molecular weight excluding hydrogens is 464 g/mol. The Bertz CT molecular complexity index is 1160. The number of carbonyl (C=O) groups is 2. The molecule has 1 unspecified atom stereocenters. The summed E-state index contributed by atoms with van der Waals surface area (Å²) in [5, 5.41) is 2.60. The molecule has 4 rings (SSSR count). The van der Waals surface area contributed by atoms with Crippen molar-refractivity contribution >= 4 is 74.3 Å². The van der Waals surface area contributed by atoms with E-state index in [1.807, 2.05) is 56.3 Å². The number of thiocarbonyl (C=S) groups is 1. The molecule has 0 aromatic heterocycles. The number of fused-ring (bicyclic) bond motifs is 1. The molecule has 164 valence electrons. The predicted octanol–water partition coefficient (Wildman–Crippen LogP) is 4.19. The topological polar surface area (TPSA) is 83.4 Å². The SMILES string of the molecule is COc1cccc(N2C(=S)SC3C(=O)N=C(SCC(=O)Nc4c(C)cccc4C)N=C32)c1. The standard InChI is InChI=1S/C22H20N4O3S3/c1-12-6-4-7-13(2)17(12)23-16(27)11-31-21-24-19-18(20(28)25-21)32-22(30)26(19)14-8-5-9-15(10-14)29-3/h4-10,18H,11H2,1-3H3,(H,23,27). The van der Waals surface area contributed by atoms with Gasteiger partial charge in [0.25, 0.3) is 5.91 Å². The van der Waals surface area contributed by atoms with Crippen LogP contribution in [0.2, 0.25) is 0 Å². The second-order valence-corrected chi connectivity index (χ2v) is 9.79. The molecule has 2 heterocycles. The zero-order chi connectivity index (χ0) is 22.8. The van der Waals surface area contributed by atoms with Crippen molar-refractivity contribution in [3.63, 3.8) is 0 Å². The Morgan fingerprint density at radius 2 is 1.94 bits per heavy atom. The van der Waals surface area contributed by atoms with Gasteiger partial charge in [-0.3, -0.25) is 14.5 Å². The van der Waals surface area contributed by atoms with Crippen molar-refractivity contribution in [3.8, 4) is 5.75 Å². The Kier molecular flexibility index (Phi) is 6.63. The first-order valence-corrected chi connectivity index (χ1v) is 12.0. The molecule has 1 atom stereocenters. The van der Waals surface area contributed by atoms with Gasteiger partial charge in [0.05, 0.1) is 18.6 Å². The van der Waals surface area contributed by atoms with Crippen LogP contribution >= 0.6 is 35.7 Å². The van der Waals surface area contributed by atoms with Crippen LogP contribution in [0, 0.1) is 13.8 Å². The summed E-state index contributed by atoms with van der Waals surface area (Å²) in [5.74, 6) is 0.744. The molecule has 2 amide bonds. The summed E-state index contributed by atoms with van der Waals surface area (Å²) >= 11 is 7.87. The third-order valence-corrected chi connectivity index (χ3v) is 7.25. The van der Waals surface area contributed by atoms with Crippen molar-refractivity contribution in [1.29, 1.82) is 0 Å². The van der Waals surface area contributed by atoms with Gasteiger partial charge in [-0.15, -0.1) is 0 Å². The average molecular weight is 485 g/mol. The van der Waals surface area contributed by atoms with Gasteiger partial charge in [0.15, 0.2) is 10.4 Å². The number of aryl methyl sites for hydroxylation is 2. The molecule has 2 aliphatic heterocycles. The molecule has 1 N–H and O–H groups in total. The number of rotatable bonds is 5. The molecule has 7 nitrogen and oxygen atoms in total. The van der Waals surface area contributed by atoms with E-state index in [-0.39, 0.29) is 22.7 Å². The second kappa shape index (κ2) is 9.43. The van der Waals surface area contributed by atoms with Crippen molar-refractivity contribution in [3.05, 3.63) is 53.6 Å². The number of benzene rings is 2. The van der Waals surface area contributed by atoms with Gasteiger partial charge in [-0.05, 0) is 37.1 Å². The van der Waals surface area contributed by atoms with Gasteiger partial charge in [-0.1, -0.05) is 60.0 Å². The summed E-state index contributed by atoms with van der Waals surface area (Å²) in [7, 11) is 1.59. The van der Waals surface area contributed by atoms with Crippen molar-refractivity contribution in [2.75, 3.05) is 23.1 Å². The lowest BCUT2D eigenvalue weighted by Crippen LogP contribution is -2.37. The highest BCUT2D eigenvalue weighted by Gasteiger charge is 2.43. The number of aliphatic imine (C=N–C) groups is 2. The Morgan fingerprint density at radius 1 is 1.22 bits per heavy atom. The van der Waals surface area contributed by atoms with Crippen molar-refractivity contribution in [1.82, 2.24) is 0 Å². The van der Waals surface area contributed by atoms with Gasteiger partial charge in [0.1, 0.15) is 15.9 Å². The molecule has 2 aromatic rings. The Labute approximate surface area is 199 Å². The highest BCUT2D eigenvalue weighted by atomic mass is 32.2. The van der Waals surface area contributed by atoms with Crippen LogP contribution in [0.15, 0.2) is 52.4 Å². The van der Waals surface area contributed by atoms with E-state index in [0.29, 0.717) is 15.9 Å². The number of ether oxygens (including phenoxy) is 1. The molecule has 0 aliphatic carbocycles. The number of nitrogens with zero attached hydrogens (tertiary/aromatic N) is 3. The lowest BCUT2D eigenvalue weighted by molar-refractivity contribution is -0.116. The quantitative estimate of drug-likeness (QED) is 0.637. The van der Waals surface area contributed by atoms with Gasteiger partial charge in [0.2, 0.25) is 5.91 Å². The summed E-state index contributed by atoms with van der Waals surface area (Å²) in [5.41, 5.74) is 3.53. The number of anilines is 2. The number of hydrogen-bond acceptors (Lipinski definition) is 7. The molecule has 1 saturated heterocycles. The predicted molar refractivity (Wildman–Crippen MR) is 136 cm³/mol. The van der Waals surface area contributed by atoms with E-state index in [9.17, 15) is 9.59 Å². The zero-order valence-electron chi connectivity index (χ0n) is 17.6. The molecule has 0 bridgehead atoms. The largest absolute Gasteiger partial charge is 0.497 e. The monoisotopic (exact) mass is 484 g/mol. The number of para-hydroxylation sites is 1. The minimum atomic E-state index is -0.582. The molecule has 32 heavy (non-hydrogen) atoms. The number of nitrogens with one attached hydrogen (secondary N) is 1. The van der Waals surface area contributed by atoms with E-state index in [2.05, 4.69) is 15.3 Å². The second-order valence-electron chi connectivity index (χ2n) is 7.11. The molecule has 10 heteroatoms. The fourth-order valence-electron chi connectivity index (χ4n) is 3.33. The van der Waals surface area contributed by atoms with Crippen LogP contribution in [-0.2, 0) is 9.59 Å².